The third kappa shape index (κ3) is 5.27. The third-order valence-electron chi connectivity index (χ3n) is 3.10. The number of hydrogen-bond donors (Lipinski definition) is 2. The number of aliphatic carboxylic acids is 1. The second-order valence-electron chi connectivity index (χ2n) is 5.17. The molecule has 0 radical (unpaired) electrons. The summed E-state index contributed by atoms with van der Waals surface area (Å²) in [5.41, 5.74) is 0.893. The lowest BCUT2D eigenvalue weighted by Gasteiger charge is -2.10. The minimum Gasteiger partial charge on any atom is -0.484 e. The van der Waals surface area contributed by atoms with Crippen molar-refractivity contribution in [3.05, 3.63) is 47.4 Å². The molecule has 134 valence electrons. The molecule has 0 fully saturated rings. The zero-order valence-electron chi connectivity index (χ0n) is 13.0. The van der Waals surface area contributed by atoms with E-state index in [1.807, 2.05) is 0 Å². The summed E-state index contributed by atoms with van der Waals surface area (Å²) in [5.74, 6) is -1.70. The van der Waals surface area contributed by atoms with Gasteiger partial charge in [-0.1, -0.05) is 0 Å². The summed E-state index contributed by atoms with van der Waals surface area (Å²) in [7, 11) is 0. The van der Waals surface area contributed by atoms with Crippen LogP contribution < -0.4 is 10.1 Å². The summed E-state index contributed by atoms with van der Waals surface area (Å²) in [4.78, 5) is 23.1. The molecule has 25 heavy (non-hydrogen) atoms. The first-order chi connectivity index (χ1) is 11.7. The highest BCUT2D eigenvalue weighted by molar-refractivity contribution is 6.06. The minimum atomic E-state index is -4.44. The van der Waals surface area contributed by atoms with Crippen molar-refractivity contribution in [3.8, 4) is 5.75 Å². The maximum absolute atomic E-state index is 12.3. The molecule has 1 aromatic carbocycles. The fourth-order valence-electron chi connectivity index (χ4n) is 2.06. The Bertz CT molecular complexity index is 765. The van der Waals surface area contributed by atoms with E-state index in [2.05, 4.69) is 10.1 Å². The maximum Gasteiger partial charge on any atom is 0.422 e. The van der Waals surface area contributed by atoms with Gasteiger partial charge in [0, 0.05) is 11.3 Å². The lowest BCUT2D eigenvalue weighted by molar-refractivity contribution is -0.153. The molecule has 6 nitrogen and oxygen atoms in total. The van der Waals surface area contributed by atoms with E-state index in [1.165, 1.54) is 30.5 Å². The Kier molecular flexibility index (Phi) is 5.35. The van der Waals surface area contributed by atoms with Crippen LogP contribution in [0.1, 0.15) is 21.7 Å². The van der Waals surface area contributed by atoms with Crippen molar-refractivity contribution in [1.82, 2.24) is 0 Å². The molecule has 9 heteroatoms. The molecular weight excluding hydrogens is 343 g/mol. The van der Waals surface area contributed by atoms with Crippen LogP contribution in [-0.2, 0) is 11.2 Å². The van der Waals surface area contributed by atoms with E-state index < -0.39 is 31.1 Å². The van der Waals surface area contributed by atoms with E-state index in [0.29, 0.717) is 11.3 Å². The predicted octanol–water partition coefficient (Wildman–Crippen LogP) is 3.41. The largest absolute Gasteiger partial charge is 0.484 e. The summed E-state index contributed by atoms with van der Waals surface area (Å²) in [5, 5.41) is 11.4. The van der Waals surface area contributed by atoms with Gasteiger partial charge in [-0.25, -0.2) is 0 Å². The zero-order valence-corrected chi connectivity index (χ0v) is 13.0. The number of nitrogens with one attached hydrogen (secondary N) is 1. The van der Waals surface area contributed by atoms with Gasteiger partial charge in [0.2, 0.25) is 0 Å². The van der Waals surface area contributed by atoms with Crippen molar-refractivity contribution in [1.29, 1.82) is 0 Å². The maximum atomic E-state index is 12.3. The molecule has 1 aromatic heterocycles. The lowest BCUT2D eigenvalue weighted by Crippen LogP contribution is -2.19. The van der Waals surface area contributed by atoms with Crippen molar-refractivity contribution >= 4 is 17.6 Å². The van der Waals surface area contributed by atoms with Crippen LogP contribution >= 0.6 is 0 Å². The second-order valence-corrected chi connectivity index (χ2v) is 5.17. The van der Waals surface area contributed by atoms with E-state index in [-0.39, 0.29) is 17.1 Å². The molecule has 1 amide bonds. The van der Waals surface area contributed by atoms with E-state index in [9.17, 15) is 22.8 Å². The number of carbonyl (C=O) groups excluding carboxylic acids is 1. The highest BCUT2D eigenvalue weighted by Gasteiger charge is 2.28. The number of aryl methyl sites for hydroxylation is 1. The monoisotopic (exact) mass is 357 g/mol. The normalized spacial score (nSPS) is 11.2. The molecule has 0 bridgehead atoms. The predicted molar refractivity (Wildman–Crippen MR) is 80.7 cm³/mol. The van der Waals surface area contributed by atoms with Gasteiger partial charge in [0.25, 0.3) is 5.91 Å². The van der Waals surface area contributed by atoms with E-state index in [4.69, 9.17) is 9.52 Å². The van der Waals surface area contributed by atoms with Crippen LogP contribution in [0.25, 0.3) is 0 Å². The number of carbonyl (C=O) groups is 2. The topological polar surface area (TPSA) is 88.8 Å². The summed E-state index contributed by atoms with van der Waals surface area (Å²) < 4.78 is 45.9. The van der Waals surface area contributed by atoms with Crippen molar-refractivity contribution in [2.75, 3.05) is 11.9 Å². The number of ether oxygens (including phenoxy) is 1. The number of carboxylic acid groups (broad SMARTS) is 1. The molecule has 0 aliphatic rings. The number of furan rings is 1. The molecule has 0 saturated heterocycles. The van der Waals surface area contributed by atoms with Crippen LogP contribution in [0, 0.1) is 6.92 Å². The summed E-state index contributed by atoms with van der Waals surface area (Å²) in [6.45, 7) is 0.184. The fourth-order valence-corrected chi connectivity index (χ4v) is 2.06. The number of carboxylic acids is 1. The average molecular weight is 357 g/mol. The molecule has 0 aliphatic carbocycles. The van der Waals surface area contributed by atoms with Crippen LogP contribution in [-0.4, -0.2) is 29.8 Å². The van der Waals surface area contributed by atoms with Gasteiger partial charge in [-0.2, -0.15) is 13.2 Å². The highest BCUT2D eigenvalue weighted by Crippen LogP contribution is 2.22. The SMILES string of the molecule is Cc1coc(CC(=O)O)c1C(=O)Nc1ccc(OCC(F)(F)F)cc1. The summed E-state index contributed by atoms with van der Waals surface area (Å²) in [6.07, 6.45) is -3.60. The van der Waals surface area contributed by atoms with Crippen molar-refractivity contribution in [2.24, 2.45) is 0 Å². The second kappa shape index (κ2) is 7.29. The number of alkyl halides is 3. The van der Waals surface area contributed by atoms with Gasteiger partial charge < -0.3 is 19.6 Å². The fraction of sp³-hybridized carbons (Fsp3) is 0.250. The van der Waals surface area contributed by atoms with Crippen LogP contribution in [0.3, 0.4) is 0 Å². The van der Waals surface area contributed by atoms with Crippen molar-refractivity contribution in [2.45, 2.75) is 19.5 Å². The van der Waals surface area contributed by atoms with Gasteiger partial charge in [0.05, 0.1) is 11.8 Å². The Morgan fingerprint density at radius 2 is 1.88 bits per heavy atom. The van der Waals surface area contributed by atoms with Gasteiger partial charge in [-0.15, -0.1) is 0 Å². The molecule has 0 atom stereocenters. The summed E-state index contributed by atoms with van der Waals surface area (Å²) >= 11 is 0. The quantitative estimate of drug-likeness (QED) is 0.827. The third-order valence-corrected chi connectivity index (χ3v) is 3.10. The first kappa shape index (κ1) is 18.4. The van der Waals surface area contributed by atoms with Crippen LogP contribution in [0.15, 0.2) is 34.9 Å². The number of rotatable bonds is 6. The highest BCUT2D eigenvalue weighted by atomic mass is 19.4. The van der Waals surface area contributed by atoms with Crippen molar-refractivity contribution in [3.63, 3.8) is 0 Å². The minimum absolute atomic E-state index is 0.00128. The average Bonchev–Trinajstić information content (AvgIpc) is 2.85. The molecule has 0 spiro atoms. The van der Waals surface area contributed by atoms with Crippen LogP contribution in [0.2, 0.25) is 0 Å². The number of anilines is 1. The molecule has 0 saturated carbocycles. The Morgan fingerprint density at radius 3 is 2.44 bits per heavy atom. The lowest BCUT2D eigenvalue weighted by atomic mass is 10.1. The zero-order chi connectivity index (χ0) is 18.6. The molecule has 2 aromatic rings. The molecule has 2 rings (SSSR count). The number of amides is 1. The number of benzene rings is 1. The standard InChI is InChI=1S/C16H14F3NO5/c1-9-7-24-12(6-13(21)22)14(9)15(23)20-10-2-4-11(5-3-10)25-8-16(17,18)19/h2-5,7H,6,8H2,1H3,(H,20,23)(H,21,22). The van der Waals surface area contributed by atoms with Crippen LogP contribution in [0.5, 0.6) is 5.75 Å². The Hall–Kier alpha value is -2.97. The first-order valence-corrected chi connectivity index (χ1v) is 7.05. The Morgan fingerprint density at radius 1 is 1.24 bits per heavy atom. The Balaban J connectivity index is 2.06. The molecule has 0 unspecified atom stereocenters. The molecular formula is C16H14F3NO5. The Labute approximate surface area is 140 Å². The van der Waals surface area contributed by atoms with E-state index in [1.54, 1.807) is 6.92 Å². The first-order valence-electron chi connectivity index (χ1n) is 7.05. The van der Waals surface area contributed by atoms with E-state index in [0.717, 1.165) is 0 Å². The van der Waals surface area contributed by atoms with Crippen molar-refractivity contribution < 1.29 is 37.0 Å². The number of halogens is 3. The van der Waals surface area contributed by atoms with Gasteiger partial charge >= 0.3 is 12.1 Å². The van der Waals surface area contributed by atoms with Crippen LogP contribution in [0.4, 0.5) is 18.9 Å². The smallest absolute Gasteiger partial charge is 0.422 e. The van der Waals surface area contributed by atoms with Gasteiger partial charge in [0.1, 0.15) is 17.9 Å². The molecule has 0 aliphatic heterocycles. The van der Waals surface area contributed by atoms with Gasteiger partial charge in [0.15, 0.2) is 6.61 Å². The van der Waals surface area contributed by atoms with Gasteiger partial charge in [-0.3, -0.25) is 9.59 Å². The molecule has 1 heterocycles. The number of hydrogen-bond acceptors (Lipinski definition) is 4. The summed E-state index contributed by atoms with van der Waals surface area (Å²) in [6, 6.07) is 5.30. The van der Waals surface area contributed by atoms with E-state index >= 15 is 0 Å². The van der Waals surface area contributed by atoms with Gasteiger partial charge in [-0.05, 0) is 31.2 Å². The molecule has 2 N–H and O–H groups in total.